The molecular weight excluding hydrogens is 134 g/mol. The molecule has 1 heteroatoms. The summed E-state index contributed by atoms with van der Waals surface area (Å²) in [6, 6.07) is 0.958. The average Bonchev–Trinajstić information content (AvgIpc) is 2.46. The summed E-state index contributed by atoms with van der Waals surface area (Å²) < 4.78 is 0. The molecule has 2 heterocycles. The third kappa shape index (κ3) is 0.652. The molecule has 1 nitrogen and oxygen atoms in total. The zero-order valence-electron chi connectivity index (χ0n) is 7.14. The molecule has 2 saturated heterocycles. The van der Waals surface area contributed by atoms with Gasteiger partial charge in [-0.25, -0.2) is 0 Å². The quantitative estimate of drug-likeness (QED) is 0.475. The number of hydrogen-bond donors (Lipinski definition) is 0. The number of hydrogen-bond acceptors (Lipinski definition) is 1. The summed E-state index contributed by atoms with van der Waals surface area (Å²) in [5.74, 6) is 1.06. The predicted molar refractivity (Wildman–Crippen MR) is 45.4 cm³/mol. The van der Waals surface area contributed by atoms with Crippen molar-refractivity contribution < 1.29 is 0 Å². The van der Waals surface area contributed by atoms with E-state index in [1.165, 1.54) is 31.4 Å². The standard InChI is InChI=1S/C10H15N/c1-7-4-10(2)5-8-3-9(8)11(10)6-7/h8-9H,1,3-6H2,2H3/t8-,9-,10+/m0/s1. The van der Waals surface area contributed by atoms with E-state index in [9.17, 15) is 0 Å². The second kappa shape index (κ2) is 1.56. The van der Waals surface area contributed by atoms with Gasteiger partial charge in [-0.1, -0.05) is 12.2 Å². The van der Waals surface area contributed by atoms with Gasteiger partial charge in [0.05, 0.1) is 0 Å². The summed E-state index contributed by atoms with van der Waals surface area (Å²) in [4.78, 5) is 2.69. The van der Waals surface area contributed by atoms with Crippen LogP contribution in [0.25, 0.3) is 0 Å². The van der Waals surface area contributed by atoms with Crippen molar-refractivity contribution >= 4 is 0 Å². The Kier molecular flexibility index (Phi) is 0.885. The van der Waals surface area contributed by atoms with Crippen LogP contribution >= 0.6 is 0 Å². The van der Waals surface area contributed by atoms with E-state index in [0.29, 0.717) is 5.54 Å². The van der Waals surface area contributed by atoms with Gasteiger partial charge >= 0.3 is 0 Å². The molecule has 3 atom stereocenters. The van der Waals surface area contributed by atoms with E-state index >= 15 is 0 Å². The first kappa shape index (κ1) is 6.24. The van der Waals surface area contributed by atoms with Crippen LogP contribution in [0.4, 0.5) is 0 Å². The maximum absolute atomic E-state index is 4.09. The van der Waals surface area contributed by atoms with E-state index in [0.717, 1.165) is 12.0 Å². The smallest absolute Gasteiger partial charge is 0.0228 e. The normalized spacial score (nSPS) is 54.5. The van der Waals surface area contributed by atoms with Crippen LogP contribution in [0.2, 0.25) is 0 Å². The highest BCUT2D eigenvalue weighted by atomic mass is 15.3. The third-order valence-corrected chi connectivity index (χ3v) is 3.71. The van der Waals surface area contributed by atoms with Gasteiger partial charge in [-0.2, -0.15) is 0 Å². The van der Waals surface area contributed by atoms with Crippen molar-refractivity contribution in [3.63, 3.8) is 0 Å². The maximum Gasteiger partial charge on any atom is 0.0228 e. The second-order valence-corrected chi connectivity index (χ2v) is 4.82. The van der Waals surface area contributed by atoms with Crippen LogP contribution in [-0.4, -0.2) is 23.0 Å². The third-order valence-electron chi connectivity index (χ3n) is 3.71. The van der Waals surface area contributed by atoms with Gasteiger partial charge in [-0.15, -0.1) is 0 Å². The number of nitrogens with zero attached hydrogens (tertiary/aromatic N) is 1. The molecule has 0 aromatic rings. The SMILES string of the molecule is C=C1CN2[C@H]3C[C@H]3C[C@@]2(C)C1. The first-order chi connectivity index (χ1) is 5.19. The lowest BCUT2D eigenvalue weighted by molar-refractivity contribution is 0.181. The second-order valence-electron chi connectivity index (χ2n) is 4.82. The minimum absolute atomic E-state index is 0.532. The Morgan fingerprint density at radius 1 is 1.64 bits per heavy atom. The molecule has 11 heavy (non-hydrogen) atoms. The molecule has 1 aliphatic carbocycles. The Morgan fingerprint density at radius 3 is 3.18 bits per heavy atom. The van der Waals surface area contributed by atoms with Gasteiger partial charge in [0.25, 0.3) is 0 Å². The van der Waals surface area contributed by atoms with E-state index in [-0.39, 0.29) is 0 Å². The topological polar surface area (TPSA) is 3.24 Å². The van der Waals surface area contributed by atoms with Crippen LogP contribution in [0.1, 0.15) is 26.2 Å². The summed E-state index contributed by atoms with van der Waals surface area (Å²) in [5.41, 5.74) is 1.99. The Morgan fingerprint density at radius 2 is 2.45 bits per heavy atom. The molecule has 2 aliphatic heterocycles. The maximum atomic E-state index is 4.09. The van der Waals surface area contributed by atoms with Crippen LogP contribution in [0.15, 0.2) is 12.2 Å². The fourth-order valence-electron chi connectivity index (χ4n) is 3.23. The van der Waals surface area contributed by atoms with Crippen LogP contribution in [0.5, 0.6) is 0 Å². The van der Waals surface area contributed by atoms with Gasteiger partial charge in [0.2, 0.25) is 0 Å². The molecule has 0 unspecified atom stereocenters. The molecule has 0 spiro atoms. The minimum Gasteiger partial charge on any atom is -0.290 e. The lowest BCUT2D eigenvalue weighted by Crippen LogP contribution is -2.37. The first-order valence-corrected chi connectivity index (χ1v) is 4.62. The zero-order valence-corrected chi connectivity index (χ0v) is 7.14. The molecule has 60 valence electrons. The molecule has 3 rings (SSSR count). The predicted octanol–water partition coefficient (Wildman–Crippen LogP) is 1.80. The lowest BCUT2D eigenvalue weighted by Gasteiger charge is -2.29. The number of piperidine rings is 1. The Balaban J connectivity index is 1.96. The highest BCUT2D eigenvalue weighted by Crippen LogP contribution is 2.57. The highest BCUT2D eigenvalue weighted by Gasteiger charge is 2.59. The van der Waals surface area contributed by atoms with Crippen LogP contribution in [-0.2, 0) is 0 Å². The van der Waals surface area contributed by atoms with Gasteiger partial charge in [-0.3, -0.25) is 4.90 Å². The molecule has 0 aromatic heterocycles. The van der Waals surface area contributed by atoms with Crippen LogP contribution in [0, 0.1) is 5.92 Å². The summed E-state index contributed by atoms with van der Waals surface area (Å²) in [6.07, 6.45) is 4.18. The van der Waals surface area contributed by atoms with Crippen LogP contribution in [0.3, 0.4) is 0 Å². The molecule has 0 bridgehead atoms. The van der Waals surface area contributed by atoms with E-state index in [1.807, 2.05) is 0 Å². The Labute approximate surface area is 68.1 Å². The van der Waals surface area contributed by atoms with Gasteiger partial charge in [0.15, 0.2) is 0 Å². The van der Waals surface area contributed by atoms with Gasteiger partial charge in [0.1, 0.15) is 0 Å². The van der Waals surface area contributed by atoms with Gasteiger partial charge in [-0.05, 0) is 32.1 Å². The molecule has 0 aromatic carbocycles. The van der Waals surface area contributed by atoms with Crippen molar-refractivity contribution in [1.29, 1.82) is 0 Å². The first-order valence-electron chi connectivity index (χ1n) is 4.62. The molecule has 3 fully saturated rings. The van der Waals surface area contributed by atoms with E-state index in [1.54, 1.807) is 0 Å². The van der Waals surface area contributed by atoms with E-state index in [4.69, 9.17) is 0 Å². The molecule has 0 radical (unpaired) electrons. The van der Waals surface area contributed by atoms with Crippen molar-refractivity contribution in [2.24, 2.45) is 5.92 Å². The highest BCUT2D eigenvalue weighted by molar-refractivity contribution is 5.23. The number of rotatable bonds is 0. The molecule has 0 amide bonds. The van der Waals surface area contributed by atoms with Gasteiger partial charge < -0.3 is 0 Å². The molecule has 3 aliphatic rings. The van der Waals surface area contributed by atoms with E-state index < -0.39 is 0 Å². The fourth-order valence-corrected chi connectivity index (χ4v) is 3.23. The Hall–Kier alpha value is -0.300. The average molecular weight is 149 g/mol. The van der Waals surface area contributed by atoms with E-state index in [2.05, 4.69) is 18.4 Å². The summed E-state index contributed by atoms with van der Waals surface area (Å²) in [7, 11) is 0. The molecule has 0 N–H and O–H groups in total. The van der Waals surface area contributed by atoms with Crippen molar-refractivity contribution in [1.82, 2.24) is 4.90 Å². The fraction of sp³-hybridized carbons (Fsp3) is 0.800. The van der Waals surface area contributed by atoms with Crippen molar-refractivity contribution in [3.8, 4) is 0 Å². The monoisotopic (exact) mass is 149 g/mol. The molecular formula is C10H15N. The minimum atomic E-state index is 0.532. The Bertz CT molecular complexity index is 233. The summed E-state index contributed by atoms with van der Waals surface area (Å²) >= 11 is 0. The molecule has 1 saturated carbocycles. The summed E-state index contributed by atoms with van der Waals surface area (Å²) in [5, 5.41) is 0. The van der Waals surface area contributed by atoms with Crippen molar-refractivity contribution in [3.05, 3.63) is 12.2 Å². The van der Waals surface area contributed by atoms with Gasteiger partial charge in [0, 0.05) is 18.1 Å². The largest absolute Gasteiger partial charge is 0.290 e. The summed E-state index contributed by atoms with van der Waals surface area (Å²) in [6.45, 7) is 7.70. The number of fused-ring (bicyclic) bond motifs is 3. The van der Waals surface area contributed by atoms with Crippen molar-refractivity contribution in [2.75, 3.05) is 6.54 Å². The van der Waals surface area contributed by atoms with Crippen LogP contribution < -0.4 is 0 Å². The lowest BCUT2D eigenvalue weighted by atomic mass is 9.93. The van der Waals surface area contributed by atoms with Crippen molar-refractivity contribution in [2.45, 2.75) is 37.8 Å². The zero-order chi connectivity index (χ0) is 7.64.